The molecule has 0 bridgehead atoms. The molecule has 0 atom stereocenters. The molecule has 1 saturated heterocycles. The lowest BCUT2D eigenvalue weighted by atomic mass is 10.1. The summed E-state index contributed by atoms with van der Waals surface area (Å²) in [5.41, 5.74) is 0.580. The molecular formula is C13H9BrN2O6. The van der Waals surface area contributed by atoms with E-state index in [0.717, 1.165) is 0 Å². The molecule has 3 rings (SSSR count). The lowest BCUT2D eigenvalue weighted by molar-refractivity contribution is -0.140. The lowest BCUT2D eigenvalue weighted by Crippen LogP contribution is -2.35. The van der Waals surface area contributed by atoms with Crippen molar-refractivity contribution in [3.63, 3.8) is 0 Å². The van der Waals surface area contributed by atoms with E-state index in [9.17, 15) is 14.4 Å². The number of aliphatic carboxylic acids is 1. The number of nitrogens with zero attached hydrogens (tertiary/aromatic N) is 1. The van der Waals surface area contributed by atoms with Crippen molar-refractivity contribution < 1.29 is 29.0 Å². The summed E-state index contributed by atoms with van der Waals surface area (Å²) in [6, 6.07) is 2.57. The summed E-state index contributed by atoms with van der Waals surface area (Å²) >= 11 is 3.34. The summed E-state index contributed by atoms with van der Waals surface area (Å²) in [5, 5.41) is 11.0. The normalized spacial score (nSPS) is 18.0. The number of fused-ring (bicyclic) bond motifs is 1. The molecular weight excluding hydrogens is 360 g/mol. The SMILES string of the molecule is O=C(O)CN1C(=O)N/C(=C\c2cc3c(cc2Br)OCO3)C1=O. The van der Waals surface area contributed by atoms with Crippen LogP contribution in [0.4, 0.5) is 4.79 Å². The van der Waals surface area contributed by atoms with Crippen LogP contribution >= 0.6 is 15.9 Å². The molecule has 8 nitrogen and oxygen atoms in total. The molecule has 22 heavy (non-hydrogen) atoms. The molecule has 114 valence electrons. The third kappa shape index (κ3) is 2.50. The van der Waals surface area contributed by atoms with E-state index in [1.807, 2.05) is 0 Å². The summed E-state index contributed by atoms with van der Waals surface area (Å²) in [6.45, 7) is -0.575. The predicted molar refractivity (Wildman–Crippen MR) is 76.1 cm³/mol. The molecule has 0 aliphatic carbocycles. The van der Waals surface area contributed by atoms with Crippen LogP contribution in [0, 0.1) is 0 Å². The first-order valence-corrected chi connectivity index (χ1v) is 6.90. The van der Waals surface area contributed by atoms with Gasteiger partial charge in [0.1, 0.15) is 12.2 Å². The molecule has 0 spiro atoms. The summed E-state index contributed by atoms with van der Waals surface area (Å²) in [5.74, 6) is -0.872. The highest BCUT2D eigenvalue weighted by Crippen LogP contribution is 2.37. The zero-order valence-electron chi connectivity index (χ0n) is 11.0. The van der Waals surface area contributed by atoms with Crippen molar-refractivity contribution in [3.05, 3.63) is 27.9 Å². The standard InChI is InChI=1S/C13H9BrN2O6/c14-7-3-10-9(21-5-22-10)2-6(7)1-8-12(19)16(4-11(17)18)13(20)15-8/h1-3H,4-5H2,(H,15,20)(H,17,18)/b8-1-. The Balaban J connectivity index is 1.91. The van der Waals surface area contributed by atoms with Crippen LogP contribution in [0.25, 0.3) is 6.08 Å². The molecule has 1 aromatic rings. The van der Waals surface area contributed by atoms with Gasteiger partial charge < -0.3 is 19.9 Å². The van der Waals surface area contributed by atoms with E-state index in [4.69, 9.17) is 14.6 Å². The van der Waals surface area contributed by atoms with Gasteiger partial charge in [-0.05, 0) is 23.8 Å². The van der Waals surface area contributed by atoms with Crippen molar-refractivity contribution in [2.75, 3.05) is 13.3 Å². The Morgan fingerprint density at radius 3 is 2.73 bits per heavy atom. The molecule has 2 aliphatic heterocycles. The molecule has 2 aliphatic rings. The van der Waals surface area contributed by atoms with Crippen molar-refractivity contribution in [3.8, 4) is 11.5 Å². The topological polar surface area (TPSA) is 105 Å². The van der Waals surface area contributed by atoms with E-state index in [-0.39, 0.29) is 12.5 Å². The maximum absolute atomic E-state index is 12.0. The average Bonchev–Trinajstić information content (AvgIpc) is 2.99. The molecule has 9 heteroatoms. The number of carbonyl (C=O) groups is 3. The highest BCUT2D eigenvalue weighted by molar-refractivity contribution is 9.10. The summed E-state index contributed by atoms with van der Waals surface area (Å²) in [4.78, 5) is 34.9. The van der Waals surface area contributed by atoms with Crippen molar-refractivity contribution in [2.45, 2.75) is 0 Å². The van der Waals surface area contributed by atoms with E-state index in [2.05, 4.69) is 21.2 Å². The number of rotatable bonds is 3. The smallest absolute Gasteiger partial charge is 0.329 e. The number of hydrogen-bond acceptors (Lipinski definition) is 5. The highest BCUT2D eigenvalue weighted by atomic mass is 79.9. The van der Waals surface area contributed by atoms with Crippen LogP contribution in [0.3, 0.4) is 0 Å². The molecule has 1 aromatic carbocycles. The number of carboxylic acids is 1. The van der Waals surface area contributed by atoms with E-state index in [1.165, 1.54) is 6.08 Å². The molecule has 0 radical (unpaired) electrons. The third-order valence-corrected chi connectivity index (χ3v) is 3.73. The first-order chi connectivity index (χ1) is 10.5. The Bertz CT molecular complexity index is 729. The number of benzene rings is 1. The molecule has 2 heterocycles. The Kier molecular flexibility index (Phi) is 3.49. The van der Waals surface area contributed by atoms with Crippen LogP contribution in [0.2, 0.25) is 0 Å². The zero-order valence-corrected chi connectivity index (χ0v) is 12.5. The minimum Gasteiger partial charge on any atom is -0.480 e. The van der Waals surface area contributed by atoms with Crippen molar-refractivity contribution >= 4 is 39.9 Å². The fourth-order valence-electron chi connectivity index (χ4n) is 2.05. The fraction of sp³-hybridized carbons (Fsp3) is 0.154. The predicted octanol–water partition coefficient (Wildman–Crippen LogP) is 1.16. The van der Waals surface area contributed by atoms with Crippen LogP contribution in [-0.2, 0) is 9.59 Å². The van der Waals surface area contributed by atoms with Crippen molar-refractivity contribution in [1.29, 1.82) is 0 Å². The van der Waals surface area contributed by atoms with Crippen LogP contribution in [0.1, 0.15) is 5.56 Å². The van der Waals surface area contributed by atoms with Gasteiger partial charge in [-0.3, -0.25) is 9.59 Å². The number of nitrogens with one attached hydrogen (secondary N) is 1. The Labute approximate surface area is 132 Å². The van der Waals surface area contributed by atoms with Gasteiger partial charge in [0.2, 0.25) is 6.79 Å². The van der Waals surface area contributed by atoms with Crippen molar-refractivity contribution in [1.82, 2.24) is 10.2 Å². The number of hydrogen-bond donors (Lipinski definition) is 2. The van der Waals surface area contributed by atoms with Gasteiger partial charge in [0.15, 0.2) is 11.5 Å². The van der Waals surface area contributed by atoms with E-state index in [0.29, 0.717) is 26.4 Å². The van der Waals surface area contributed by atoms with Gasteiger partial charge in [-0.25, -0.2) is 9.69 Å². The first-order valence-electron chi connectivity index (χ1n) is 6.11. The summed E-state index contributed by atoms with van der Waals surface area (Å²) in [6.07, 6.45) is 1.44. The molecule has 3 amide bonds. The fourth-order valence-corrected chi connectivity index (χ4v) is 2.49. The monoisotopic (exact) mass is 368 g/mol. The quantitative estimate of drug-likeness (QED) is 0.612. The van der Waals surface area contributed by atoms with E-state index < -0.39 is 24.5 Å². The number of imide groups is 1. The second kappa shape index (κ2) is 5.34. The van der Waals surface area contributed by atoms with Crippen molar-refractivity contribution in [2.24, 2.45) is 0 Å². The first kappa shape index (κ1) is 14.4. The Hall–Kier alpha value is -2.55. The largest absolute Gasteiger partial charge is 0.480 e. The van der Waals surface area contributed by atoms with Gasteiger partial charge in [0.05, 0.1) is 0 Å². The average molecular weight is 369 g/mol. The zero-order chi connectivity index (χ0) is 15.9. The van der Waals surface area contributed by atoms with E-state index >= 15 is 0 Å². The van der Waals surface area contributed by atoms with Gasteiger partial charge in [-0.1, -0.05) is 15.9 Å². The second-order valence-corrected chi connectivity index (χ2v) is 5.35. The van der Waals surface area contributed by atoms with Gasteiger partial charge in [0.25, 0.3) is 5.91 Å². The minimum absolute atomic E-state index is 0.00850. The number of ether oxygens (including phenoxy) is 2. The second-order valence-electron chi connectivity index (χ2n) is 4.50. The number of carboxylic acid groups (broad SMARTS) is 1. The lowest BCUT2D eigenvalue weighted by Gasteiger charge is -2.07. The summed E-state index contributed by atoms with van der Waals surface area (Å²) in [7, 11) is 0. The number of carbonyl (C=O) groups excluding carboxylic acids is 2. The number of halogens is 1. The number of amides is 3. The molecule has 2 N–H and O–H groups in total. The molecule has 0 saturated carbocycles. The van der Waals surface area contributed by atoms with Crippen LogP contribution in [0.15, 0.2) is 22.3 Å². The maximum Gasteiger partial charge on any atom is 0.329 e. The molecule has 0 unspecified atom stereocenters. The number of urea groups is 1. The Morgan fingerprint density at radius 2 is 2.05 bits per heavy atom. The molecule has 1 fully saturated rings. The van der Waals surface area contributed by atoms with Crippen LogP contribution < -0.4 is 14.8 Å². The minimum atomic E-state index is -1.27. The molecule has 0 aromatic heterocycles. The Morgan fingerprint density at radius 1 is 1.36 bits per heavy atom. The highest BCUT2D eigenvalue weighted by Gasteiger charge is 2.35. The summed E-state index contributed by atoms with van der Waals surface area (Å²) < 4.78 is 11.1. The third-order valence-electron chi connectivity index (χ3n) is 3.05. The van der Waals surface area contributed by atoms with Gasteiger partial charge in [-0.2, -0.15) is 0 Å². The van der Waals surface area contributed by atoms with Crippen LogP contribution in [0.5, 0.6) is 11.5 Å². The van der Waals surface area contributed by atoms with Gasteiger partial charge in [-0.15, -0.1) is 0 Å². The van der Waals surface area contributed by atoms with E-state index in [1.54, 1.807) is 12.1 Å². The maximum atomic E-state index is 12.0. The van der Waals surface area contributed by atoms with Crippen LogP contribution in [-0.4, -0.2) is 41.3 Å². The van der Waals surface area contributed by atoms with Gasteiger partial charge in [0, 0.05) is 4.47 Å². The van der Waals surface area contributed by atoms with Gasteiger partial charge >= 0.3 is 12.0 Å².